The number of aromatic nitrogens is 2. The third-order valence-electron chi connectivity index (χ3n) is 2.76. The van der Waals surface area contributed by atoms with E-state index >= 15 is 0 Å². The van der Waals surface area contributed by atoms with Crippen LogP contribution in [0.3, 0.4) is 0 Å². The Hall–Kier alpha value is -0.980. The first-order chi connectivity index (χ1) is 8.61. The highest BCUT2D eigenvalue weighted by atomic mass is 79.9. The molecule has 6 heteroatoms. The smallest absolute Gasteiger partial charge is 0.139 e. The van der Waals surface area contributed by atoms with E-state index in [0.29, 0.717) is 27.9 Å². The lowest BCUT2D eigenvalue weighted by molar-refractivity contribution is 0.190. The number of aromatic amines is 1. The van der Waals surface area contributed by atoms with Gasteiger partial charge in [-0.25, -0.2) is 9.37 Å². The van der Waals surface area contributed by atoms with Gasteiger partial charge in [0.05, 0.1) is 21.5 Å². The minimum Gasteiger partial charge on any atom is -0.385 e. The first-order valence-electron chi connectivity index (χ1n) is 5.71. The molecule has 0 spiro atoms. The molecule has 1 aromatic carbocycles. The van der Waals surface area contributed by atoms with Crippen LogP contribution in [0.2, 0.25) is 0 Å². The molecule has 0 bridgehead atoms. The van der Waals surface area contributed by atoms with Crippen LogP contribution in [0.25, 0.3) is 11.0 Å². The van der Waals surface area contributed by atoms with Crippen LogP contribution in [-0.4, -0.2) is 23.7 Å². The van der Waals surface area contributed by atoms with E-state index in [1.165, 1.54) is 6.07 Å². The van der Waals surface area contributed by atoms with E-state index in [1.54, 1.807) is 13.2 Å². The summed E-state index contributed by atoms with van der Waals surface area (Å²) in [6, 6.07) is 2.87. The Bertz CT molecular complexity index is 504. The number of rotatable bonds is 5. The van der Waals surface area contributed by atoms with E-state index in [9.17, 15) is 4.39 Å². The highest BCUT2D eigenvalue weighted by Gasteiger charge is 2.12. The van der Waals surface area contributed by atoms with Gasteiger partial charge in [0.2, 0.25) is 0 Å². The molecule has 3 N–H and O–H groups in total. The van der Waals surface area contributed by atoms with Crippen molar-refractivity contribution < 1.29 is 9.13 Å². The largest absolute Gasteiger partial charge is 0.385 e. The maximum absolute atomic E-state index is 13.4. The van der Waals surface area contributed by atoms with Crippen molar-refractivity contribution in [2.75, 3.05) is 13.7 Å². The van der Waals surface area contributed by atoms with E-state index in [-0.39, 0.29) is 11.9 Å². The zero-order valence-corrected chi connectivity index (χ0v) is 11.6. The highest BCUT2D eigenvalue weighted by molar-refractivity contribution is 9.10. The molecule has 1 aromatic heterocycles. The third-order valence-corrected chi connectivity index (χ3v) is 3.36. The van der Waals surface area contributed by atoms with Gasteiger partial charge in [0.25, 0.3) is 0 Å². The second-order valence-corrected chi connectivity index (χ2v) is 5.00. The van der Waals surface area contributed by atoms with Crippen molar-refractivity contribution in [3.05, 3.63) is 28.2 Å². The van der Waals surface area contributed by atoms with Crippen molar-refractivity contribution >= 4 is 27.0 Å². The SMILES string of the molecule is COCCCC(N)c1nc2cc(Br)c(F)cc2[nH]1. The summed E-state index contributed by atoms with van der Waals surface area (Å²) in [6.07, 6.45) is 1.64. The van der Waals surface area contributed by atoms with E-state index in [2.05, 4.69) is 25.9 Å². The molecule has 0 aliphatic rings. The summed E-state index contributed by atoms with van der Waals surface area (Å²) in [7, 11) is 1.66. The molecule has 1 atom stereocenters. The van der Waals surface area contributed by atoms with Crippen molar-refractivity contribution in [1.29, 1.82) is 0 Å². The Balaban J connectivity index is 2.19. The van der Waals surface area contributed by atoms with Crippen LogP contribution in [-0.2, 0) is 4.74 Å². The Kier molecular flexibility index (Phi) is 4.31. The molecule has 98 valence electrons. The van der Waals surface area contributed by atoms with E-state index in [0.717, 1.165) is 12.8 Å². The van der Waals surface area contributed by atoms with E-state index in [1.807, 2.05) is 0 Å². The first-order valence-corrected chi connectivity index (χ1v) is 6.50. The van der Waals surface area contributed by atoms with Crippen molar-refractivity contribution in [3.8, 4) is 0 Å². The average Bonchev–Trinajstić information content (AvgIpc) is 2.73. The van der Waals surface area contributed by atoms with Crippen LogP contribution < -0.4 is 5.73 Å². The van der Waals surface area contributed by atoms with Gasteiger partial charge in [-0.15, -0.1) is 0 Å². The van der Waals surface area contributed by atoms with Crippen molar-refractivity contribution in [3.63, 3.8) is 0 Å². The van der Waals surface area contributed by atoms with Crippen molar-refractivity contribution in [2.45, 2.75) is 18.9 Å². The minimum absolute atomic E-state index is 0.186. The molecule has 0 saturated carbocycles. The molecular formula is C12H15BrFN3O. The molecule has 0 saturated heterocycles. The lowest BCUT2D eigenvalue weighted by atomic mass is 10.1. The van der Waals surface area contributed by atoms with Gasteiger partial charge >= 0.3 is 0 Å². The quantitative estimate of drug-likeness (QED) is 0.834. The summed E-state index contributed by atoms with van der Waals surface area (Å²) in [5, 5.41) is 0. The average molecular weight is 316 g/mol. The molecule has 0 fully saturated rings. The molecule has 0 amide bonds. The fourth-order valence-electron chi connectivity index (χ4n) is 1.78. The molecule has 18 heavy (non-hydrogen) atoms. The molecule has 0 aliphatic heterocycles. The van der Waals surface area contributed by atoms with Gasteiger partial charge in [0.15, 0.2) is 0 Å². The fourth-order valence-corrected chi connectivity index (χ4v) is 2.12. The van der Waals surface area contributed by atoms with Crippen molar-refractivity contribution in [1.82, 2.24) is 9.97 Å². The summed E-state index contributed by atoms with van der Waals surface area (Å²) in [4.78, 5) is 7.43. The van der Waals surface area contributed by atoms with Gasteiger partial charge in [0.1, 0.15) is 11.6 Å². The summed E-state index contributed by atoms with van der Waals surface area (Å²) in [5.41, 5.74) is 7.39. The second-order valence-electron chi connectivity index (χ2n) is 4.15. The molecule has 2 aromatic rings. The molecule has 2 rings (SSSR count). The van der Waals surface area contributed by atoms with Gasteiger partial charge in [-0.3, -0.25) is 0 Å². The van der Waals surface area contributed by atoms with E-state index in [4.69, 9.17) is 10.5 Å². The second kappa shape index (κ2) is 5.77. The molecule has 1 unspecified atom stereocenters. The number of ether oxygens (including phenoxy) is 1. The number of nitrogens with zero attached hydrogens (tertiary/aromatic N) is 1. The number of H-pyrrole nitrogens is 1. The predicted octanol–water partition coefficient (Wildman–Crippen LogP) is 2.89. The van der Waals surface area contributed by atoms with Crippen LogP contribution >= 0.6 is 15.9 Å². The zero-order valence-electron chi connectivity index (χ0n) is 10.0. The van der Waals surface area contributed by atoms with E-state index < -0.39 is 0 Å². The Morgan fingerprint density at radius 2 is 2.33 bits per heavy atom. The van der Waals surface area contributed by atoms with Gasteiger partial charge < -0.3 is 15.5 Å². The lowest BCUT2D eigenvalue weighted by Gasteiger charge is -2.07. The van der Waals surface area contributed by atoms with Crippen LogP contribution in [0.4, 0.5) is 4.39 Å². The van der Waals surface area contributed by atoms with Crippen LogP contribution in [0, 0.1) is 5.82 Å². The predicted molar refractivity (Wildman–Crippen MR) is 71.8 cm³/mol. The number of hydrogen-bond acceptors (Lipinski definition) is 3. The molecule has 0 aliphatic carbocycles. The maximum atomic E-state index is 13.4. The Morgan fingerprint density at radius 3 is 3.06 bits per heavy atom. The number of nitrogens with two attached hydrogens (primary N) is 1. The summed E-state index contributed by atoms with van der Waals surface area (Å²) in [6.45, 7) is 0.675. The summed E-state index contributed by atoms with van der Waals surface area (Å²) in [5.74, 6) is 0.365. The highest BCUT2D eigenvalue weighted by Crippen LogP contribution is 2.23. The van der Waals surface area contributed by atoms with Crippen LogP contribution in [0.15, 0.2) is 16.6 Å². The number of fused-ring (bicyclic) bond motifs is 1. The normalized spacial score (nSPS) is 13.1. The standard InChI is InChI=1S/C12H15BrFN3O/c1-18-4-2-3-9(15)12-16-10-5-7(13)8(14)6-11(10)17-12/h5-6,9H,2-4,15H2,1H3,(H,16,17). The molecular weight excluding hydrogens is 301 g/mol. The van der Waals surface area contributed by atoms with Crippen LogP contribution in [0.5, 0.6) is 0 Å². The zero-order chi connectivity index (χ0) is 13.1. The number of imidazole rings is 1. The van der Waals surface area contributed by atoms with Gasteiger partial charge in [-0.1, -0.05) is 0 Å². The molecule has 0 radical (unpaired) electrons. The monoisotopic (exact) mass is 315 g/mol. The first kappa shape index (κ1) is 13.5. The van der Waals surface area contributed by atoms with Crippen molar-refractivity contribution in [2.24, 2.45) is 5.73 Å². The number of methoxy groups -OCH3 is 1. The Labute approximate surface area is 113 Å². The minimum atomic E-state index is -0.314. The summed E-state index contributed by atoms with van der Waals surface area (Å²) < 4.78 is 18.7. The molecule has 4 nitrogen and oxygen atoms in total. The van der Waals surface area contributed by atoms with Gasteiger partial charge in [-0.2, -0.15) is 0 Å². The third kappa shape index (κ3) is 2.88. The lowest BCUT2D eigenvalue weighted by Crippen LogP contribution is -2.12. The Morgan fingerprint density at radius 1 is 1.56 bits per heavy atom. The van der Waals surface area contributed by atoms with Gasteiger partial charge in [-0.05, 0) is 34.8 Å². The fraction of sp³-hybridized carbons (Fsp3) is 0.417. The maximum Gasteiger partial charge on any atom is 0.139 e. The van der Waals surface area contributed by atoms with Gasteiger partial charge in [0, 0.05) is 19.8 Å². The number of halogens is 2. The summed E-state index contributed by atoms with van der Waals surface area (Å²) >= 11 is 3.14. The number of nitrogens with one attached hydrogen (secondary N) is 1. The van der Waals surface area contributed by atoms with Crippen LogP contribution in [0.1, 0.15) is 24.7 Å². The topological polar surface area (TPSA) is 63.9 Å². The molecule has 1 heterocycles. The number of hydrogen-bond donors (Lipinski definition) is 2. The number of benzene rings is 1.